The van der Waals surface area contributed by atoms with E-state index in [9.17, 15) is 53.1 Å². The number of likely N-dealkylation sites (N-methyl/N-ethyl adjacent to an activating group) is 1. The van der Waals surface area contributed by atoms with E-state index in [-0.39, 0.29) is 97.6 Å². The number of phenolic OH excluding ortho intramolecular Hbond substituents is 1. The second-order valence-electron chi connectivity index (χ2n) is 18.3. The number of aromatic hydroxyl groups is 1. The molecule has 414 valence electrons. The molecular weight excluding hydrogens is 1070 g/mol. The number of hydrogen-bond acceptors (Lipinski definition) is 20. The van der Waals surface area contributed by atoms with Gasteiger partial charge < -0.3 is 72.4 Å². The molecule has 6 atom stereocenters. The number of amides is 4. The van der Waals surface area contributed by atoms with Crippen molar-refractivity contribution < 1.29 is 85.2 Å². The Morgan fingerprint density at radius 1 is 0.872 bits per heavy atom. The number of rotatable bonds is 23. The first-order valence-corrected chi connectivity index (χ1v) is 26.2. The number of aliphatic hydroxyl groups excluding tert-OH is 4. The molecule has 25 nitrogen and oxygen atoms in total. The molecule has 3 aliphatic rings. The average molecular weight is 1120 g/mol. The average Bonchev–Trinajstić information content (AvgIpc) is 4.41. The maximum atomic E-state index is 14.3. The fraction of sp³-hybridized carbons (Fsp3) is 0.373. The summed E-state index contributed by atoms with van der Waals surface area (Å²) in [6.07, 6.45) is -4.18. The molecule has 0 radical (unpaired) electrons. The number of aromatic amines is 1. The van der Waals surface area contributed by atoms with E-state index < -0.39 is 76.9 Å². The lowest BCUT2D eigenvalue weighted by Crippen LogP contribution is -2.60. The minimum atomic E-state index is -5.26. The summed E-state index contributed by atoms with van der Waals surface area (Å²) in [6, 6.07) is 15.8. The van der Waals surface area contributed by atoms with Crippen molar-refractivity contribution in [1.82, 2.24) is 29.8 Å². The highest BCUT2D eigenvalue weighted by Crippen LogP contribution is 2.47. The van der Waals surface area contributed by atoms with Crippen LogP contribution in [0.25, 0.3) is 21.7 Å². The molecule has 0 unspecified atom stereocenters. The van der Waals surface area contributed by atoms with Crippen LogP contribution < -0.4 is 22.7 Å². The summed E-state index contributed by atoms with van der Waals surface area (Å²) in [6.45, 7) is 0.542. The summed E-state index contributed by atoms with van der Waals surface area (Å²) in [5, 5.41) is 61.1. The molecule has 1 saturated heterocycles. The molecule has 6 N–H and O–H groups in total. The molecule has 78 heavy (non-hydrogen) atoms. The van der Waals surface area contributed by atoms with Crippen LogP contribution >= 0.6 is 11.6 Å². The number of carbonyl (C=O) groups is 4. The zero-order valence-electron chi connectivity index (χ0n) is 41.8. The van der Waals surface area contributed by atoms with Gasteiger partial charge in [0.05, 0.1) is 64.6 Å². The van der Waals surface area contributed by atoms with E-state index in [4.69, 9.17) is 43.7 Å². The van der Waals surface area contributed by atoms with Gasteiger partial charge in [-0.2, -0.15) is 0 Å². The molecule has 4 amide bonds. The molecule has 9 rings (SSSR count). The van der Waals surface area contributed by atoms with Crippen molar-refractivity contribution >= 4 is 73.0 Å². The number of halogens is 1. The van der Waals surface area contributed by atoms with Crippen molar-refractivity contribution in [2.75, 3.05) is 77.6 Å². The van der Waals surface area contributed by atoms with Gasteiger partial charge in [-0.1, -0.05) is 5.21 Å². The van der Waals surface area contributed by atoms with E-state index in [2.05, 4.69) is 15.3 Å². The van der Waals surface area contributed by atoms with Gasteiger partial charge in [0, 0.05) is 84.6 Å². The van der Waals surface area contributed by atoms with Gasteiger partial charge in [-0.05, 0) is 71.6 Å². The quantitative estimate of drug-likeness (QED) is 0.0302. The van der Waals surface area contributed by atoms with Crippen LogP contribution in [-0.4, -0.2) is 191 Å². The number of imide groups is 1. The van der Waals surface area contributed by atoms with E-state index in [1.165, 1.54) is 60.4 Å². The first kappa shape index (κ1) is 55.4. The van der Waals surface area contributed by atoms with Crippen LogP contribution in [0.1, 0.15) is 38.0 Å². The fourth-order valence-corrected chi connectivity index (χ4v) is 10.1. The highest BCUT2D eigenvalue weighted by atomic mass is 35.5. The number of phenols is 1. The molecule has 1 fully saturated rings. The molecule has 5 heterocycles. The van der Waals surface area contributed by atoms with E-state index in [0.717, 1.165) is 17.0 Å². The maximum Gasteiger partial charge on any atom is 0.501 e. The predicted molar refractivity (Wildman–Crippen MR) is 275 cm³/mol. The normalized spacial score (nSPS) is 20.2. The number of aromatic nitrogens is 4. The van der Waals surface area contributed by atoms with Crippen LogP contribution in [0.5, 0.6) is 28.7 Å². The van der Waals surface area contributed by atoms with Gasteiger partial charge >= 0.3 is 10.4 Å². The first-order valence-electron chi connectivity index (χ1n) is 24.4. The number of methoxy groups -OCH3 is 1. The van der Waals surface area contributed by atoms with Crippen molar-refractivity contribution in [3.05, 3.63) is 108 Å². The number of hydrogen-bond donors (Lipinski definition) is 6. The Balaban J connectivity index is 0.906. The van der Waals surface area contributed by atoms with Gasteiger partial charge in [0.25, 0.3) is 23.6 Å². The van der Waals surface area contributed by atoms with Gasteiger partial charge in [0.1, 0.15) is 41.6 Å². The summed E-state index contributed by atoms with van der Waals surface area (Å²) < 4.78 is 69.7. The van der Waals surface area contributed by atoms with Crippen molar-refractivity contribution in [3.8, 4) is 28.7 Å². The molecule has 0 spiro atoms. The second-order valence-corrected chi connectivity index (χ2v) is 19.8. The lowest BCUT2D eigenvalue weighted by atomic mass is 9.95. The molecule has 6 aromatic rings. The van der Waals surface area contributed by atoms with Gasteiger partial charge in [-0.25, -0.2) is 4.68 Å². The highest BCUT2D eigenvalue weighted by Gasteiger charge is 2.45. The SMILES string of the molecule is COc1ccc2c(OS(=O)(=O)Oc3cc(C(=O)N(C)CCOCCn4cc(CCOCCN5C(=O)C=CC5=O)nn4)ccc3O[C@@H]3O[C@H](CO)[C@H](O)[C@H](O)[C@H]3O)cc3c(c2c1)[C@H](CCl)CN3C(=O)c1cc2cc(O)ccc2[nH]1. The zero-order valence-corrected chi connectivity index (χ0v) is 43.4. The molecule has 2 aromatic heterocycles. The van der Waals surface area contributed by atoms with Crippen molar-refractivity contribution in [2.45, 2.75) is 49.6 Å². The molecule has 0 bridgehead atoms. The lowest BCUT2D eigenvalue weighted by Gasteiger charge is -2.39. The number of H-pyrrole nitrogens is 1. The summed E-state index contributed by atoms with van der Waals surface area (Å²) >= 11 is 6.54. The first-order chi connectivity index (χ1) is 37.4. The Labute approximate surface area is 449 Å². The lowest BCUT2D eigenvalue weighted by molar-refractivity contribution is -0.277. The Kier molecular flexibility index (Phi) is 16.8. The smallest absolute Gasteiger partial charge is 0.501 e. The molecule has 0 saturated carbocycles. The minimum absolute atomic E-state index is 0.00134. The molecule has 0 aliphatic carbocycles. The number of fused-ring (bicyclic) bond motifs is 4. The predicted octanol–water partition coefficient (Wildman–Crippen LogP) is 1.76. The maximum absolute atomic E-state index is 14.3. The number of aliphatic hydroxyl groups is 4. The third kappa shape index (κ3) is 12.0. The zero-order chi connectivity index (χ0) is 55.4. The summed E-state index contributed by atoms with van der Waals surface area (Å²) in [4.78, 5) is 58.5. The minimum Gasteiger partial charge on any atom is -0.508 e. The highest BCUT2D eigenvalue weighted by molar-refractivity contribution is 7.82. The van der Waals surface area contributed by atoms with Crippen molar-refractivity contribution in [3.63, 3.8) is 0 Å². The largest absolute Gasteiger partial charge is 0.508 e. The van der Waals surface area contributed by atoms with Gasteiger partial charge in [-0.3, -0.25) is 24.1 Å². The number of anilines is 1. The van der Waals surface area contributed by atoms with Crippen molar-refractivity contribution in [1.29, 1.82) is 0 Å². The number of ether oxygens (including phenoxy) is 5. The van der Waals surface area contributed by atoms with Crippen LogP contribution in [0.4, 0.5) is 5.69 Å². The third-order valence-electron chi connectivity index (χ3n) is 13.2. The van der Waals surface area contributed by atoms with Crippen LogP contribution in [0, 0.1) is 0 Å². The topological polar surface area (TPSA) is 324 Å². The monoisotopic (exact) mass is 1120 g/mol. The van der Waals surface area contributed by atoms with E-state index in [0.29, 0.717) is 46.3 Å². The number of nitrogens with zero attached hydrogens (tertiary/aromatic N) is 6. The molecule has 27 heteroatoms. The Hall–Kier alpha value is -7.40. The Morgan fingerprint density at radius 2 is 1.63 bits per heavy atom. The molecule has 3 aliphatic heterocycles. The van der Waals surface area contributed by atoms with Gasteiger partial charge in [0.15, 0.2) is 17.2 Å². The van der Waals surface area contributed by atoms with Crippen molar-refractivity contribution in [2.24, 2.45) is 0 Å². The number of alkyl halides is 1. The fourth-order valence-electron chi connectivity index (χ4n) is 9.10. The summed E-state index contributed by atoms with van der Waals surface area (Å²) in [5.74, 6) is -3.23. The number of nitrogens with one attached hydrogen (secondary N) is 1. The van der Waals surface area contributed by atoms with Crippen LogP contribution in [-0.2, 0) is 47.2 Å². The number of benzene rings is 4. The number of carbonyl (C=O) groups excluding carboxylic acids is 4. The summed E-state index contributed by atoms with van der Waals surface area (Å²) in [5.41, 5.74) is 2.16. The summed E-state index contributed by atoms with van der Waals surface area (Å²) in [7, 11) is -2.33. The third-order valence-corrected chi connectivity index (χ3v) is 14.3. The van der Waals surface area contributed by atoms with Gasteiger partial charge in [-0.15, -0.1) is 25.1 Å². The second kappa shape index (κ2) is 23.7. The van der Waals surface area contributed by atoms with Crippen LogP contribution in [0.15, 0.2) is 85.1 Å². The van der Waals surface area contributed by atoms with E-state index in [1.54, 1.807) is 41.2 Å². The van der Waals surface area contributed by atoms with E-state index >= 15 is 0 Å². The molecular formula is C51H54ClN7O18S. The standard InChI is InChI=1S/C51H54ClN7O18S/c1-56(12-16-73-17-13-57-26-31(54-55-57)11-15-72-18-14-58-43(62)9-10-44(58)63)49(67)28-3-8-39(74-51-48(66)47(65)46(64)42(27-60)75-51)41(21-28)77-78(69,70)76-40-23-38-45(35-22-33(71-2)5-6-34(35)40)30(24-52)25-59(38)50(68)37-20-29-19-32(61)4-7-36(29)53-37/h3-10,19-23,26,30,42,46-48,51,53,60-61,64-66H,11-18,24-25,27H2,1-2H3/t30-,42-,46+,47+,48-,51-/m1/s1. The molecule has 4 aromatic carbocycles. The van der Waals surface area contributed by atoms with Crippen LogP contribution in [0.3, 0.4) is 0 Å². The Bertz CT molecular complexity index is 3350. The van der Waals surface area contributed by atoms with E-state index in [1.807, 2.05) is 0 Å². The Morgan fingerprint density at radius 3 is 2.38 bits per heavy atom. The van der Waals surface area contributed by atoms with Gasteiger partial charge in [0.2, 0.25) is 6.29 Å². The van der Waals surface area contributed by atoms with Crippen LogP contribution in [0.2, 0.25) is 0 Å².